The smallest absolute Gasteiger partial charge is 0.129 e. The zero-order valence-electron chi connectivity index (χ0n) is 8.61. The van der Waals surface area contributed by atoms with Crippen molar-refractivity contribution in [3.05, 3.63) is 35.1 Å². The molecule has 0 aliphatic heterocycles. The quantitative estimate of drug-likeness (QED) is 0.721. The minimum absolute atomic E-state index is 0.0469. The standard InChI is InChI=1S/C11H14BrFO3/c12-4-3-10(15)11(16)8-2-1-7(6-14)5-9(8)13/h1-2,5,10-11,14-16H,3-4,6H2. The fourth-order valence-corrected chi connectivity index (χ4v) is 1.85. The molecular weight excluding hydrogens is 279 g/mol. The summed E-state index contributed by atoms with van der Waals surface area (Å²) in [5, 5.41) is 28.5. The summed E-state index contributed by atoms with van der Waals surface area (Å²) in [6.45, 7) is -0.253. The second kappa shape index (κ2) is 6.30. The van der Waals surface area contributed by atoms with Gasteiger partial charge < -0.3 is 15.3 Å². The van der Waals surface area contributed by atoms with Crippen LogP contribution in [0.5, 0.6) is 0 Å². The summed E-state index contributed by atoms with van der Waals surface area (Å²) in [7, 11) is 0. The normalized spacial score (nSPS) is 14.8. The Morgan fingerprint density at radius 3 is 2.50 bits per heavy atom. The largest absolute Gasteiger partial charge is 0.392 e. The molecule has 2 atom stereocenters. The lowest BCUT2D eigenvalue weighted by atomic mass is 10.0. The van der Waals surface area contributed by atoms with Crippen molar-refractivity contribution in [2.75, 3.05) is 5.33 Å². The van der Waals surface area contributed by atoms with E-state index in [0.717, 1.165) is 6.07 Å². The van der Waals surface area contributed by atoms with Crippen LogP contribution in [-0.2, 0) is 6.61 Å². The van der Waals surface area contributed by atoms with Gasteiger partial charge in [0, 0.05) is 10.9 Å². The van der Waals surface area contributed by atoms with Crippen LogP contribution in [0.4, 0.5) is 4.39 Å². The number of hydrogen-bond acceptors (Lipinski definition) is 3. The van der Waals surface area contributed by atoms with Gasteiger partial charge in [0.15, 0.2) is 0 Å². The zero-order valence-corrected chi connectivity index (χ0v) is 10.2. The highest BCUT2D eigenvalue weighted by Crippen LogP contribution is 2.23. The van der Waals surface area contributed by atoms with Gasteiger partial charge in [-0.25, -0.2) is 4.39 Å². The van der Waals surface area contributed by atoms with Gasteiger partial charge in [-0.05, 0) is 18.1 Å². The first-order valence-electron chi connectivity index (χ1n) is 4.91. The summed E-state index contributed by atoms with van der Waals surface area (Å²) >= 11 is 3.13. The van der Waals surface area contributed by atoms with E-state index in [2.05, 4.69) is 15.9 Å². The summed E-state index contributed by atoms with van der Waals surface area (Å²) in [5.74, 6) is -0.618. The molecule has 0 amide bonds. The van der Waals surface area contributed by atoms with Crippen molar-refractivity contribution in [3.8, 4) is 0 Å². The van der Waals surface area contributed by atoms with E-state index >= 15 is 0 Å². The van der Waals surface area contributed by atoms with E-state index < -0.39 is 18.0 Å². The Morgan fingerprint density at radius 1 is 1.31 bits per heavy atom. The van der Waals surface area contributed by atoms with Crippen LogP contribution in [0, 0.1) is 5.82 Å². The van der Waals surface area contributed by atoms with Gasteiger partial charge in [0.05, 0.1) is 12.7 Å². The zero-order chi connectivity index (χ0) is 12.1. The topological polar surface area (TPSA) is 60.7 Å². The number of benzene rings is 1. The third-order valence-corrected chi connectivity index (χ3v) is 2.79. The molecule has 2 unspecified atom stereocenters. The van der Waals surface area contributed by atoms with Gasteiger partial charge in [-0.1, -0.05) is 28.1 Å². The van der Waals surface area contributed by atoms with E-state index in [1.165, 1.54) is 12.1 Å². The van der Waals surface area contributed by atoms with E-state index in [1.54, 1.807) is 0 Å². The monoisotopic (exact) mass is 292 g/mol. The van der Waals surface area contributed by atoms with Crippen molar-refractivity contribution in [1.82, 2.24) is 0 Å². The first kappa shape index (κ1) is 13.6. The lowest BCUT2D eigenvalue weighted by molar-refractivity contribution is 0.0152. The fourth-order valence-electron chi connectivity index (χ4n) is 1.39. The highest BCUT2D eigenvalue weighted by Gasteiger charge is 2.20. The molecule has 0 bridgehead atoms. The molecule has 0 aromatic heterocycles. The Bertz CT molecular complexity index is 346. The Kier molecular flexibility index (Phi) is 5.34. The van der Waals surface area contributed by atoms with Crippen molar-refractivity contribution in [1.29, 1.82) is 0 Å². The van der Waals surface area contributed by atoms with E-state index in [4.69, 9.17) is 5.11 Å². The molecule has 1 aromatic carbocycles. The SMILES string of the molecule is OCc1ccc(C(O)C(O)CCBr)c(F)c1. The summed E-state index contributed by atoms with van der Waals surface area (Å²) in [4.78, 5) is 0. The van der Waals surface area contributed by atoms with Crippen molar-refractivity contribution < 1.29 is 19.7 Å². The number of aliphatic hydroxyl groups is 3. The third-order valence-electron chi connectivity index (χ3n) is 2.34. The highest BCUT2D eigenvalue weighted by molar-refractivity contribution is 9.09. The van der Waals surface area contributed by atoms with Gasteiger partial charge in [-0.3, -0.25) is 0 Å². The van der Waals surface area contributed by atoms with E-state index in [1.807, 2.05) is 0 Å². The molecule has 1 aromatic rings. The predicted octanol–water partition coefficient (Wildman–Crippen LogP) is 1.50. The van der Waals surface area contributed by atoms with Gasteiger partial charge >= 0.3 is 0 Å². The van der Waals surface area contributed by atoms with Gasteiger partial charge in [-0.15, -0.1) is 0 Å². The second-order valence-corrected chi connectivity index (χ2v) is 4.30. The van der Waals surface area contributed by atoms with E-state index in [0.29, 0.717) is 17.3 Å². The summed E-state index contributed by atoms with van der Waals surface area (Å²) in [6, 6.07) is 4.05. The van der Waals surface area contributed by atoms with E-state index in [9.17, 15) is 14.6 Å². The van der Waals surface area contributed by atoms with Gasteiger partial charge in [0.1, 0.15) is 11.9 Å². The minimum Gasteiger partial charge on any atom is -0.392 e. The lowest BCUT2D eigenvalue weighted by Crippen LogP contribution is -2.19. The first-order chi connectivity index (χ1) is 7.60. The molecule has 5 heteroatoms. The summed E-state index contributed by atoms with van der Waals surface area (Å²) in [5.41, 5.74) is 0.481. The molecule has 0 fully saturated rings. The Labute approximate surface area is 102 Å². The molecule has 0 spiro atoms. The third kappa shape index (κ3) is 3.25. The average molecular weight is 293 g/mol. The van der Waals surface area contributed by atoms with Crippen molar-refractivity contribution in [2.24, 2.45) is 0 Å². The number of alkyl halides is 1. The number of hydrogen-bond donors (Lipinski definition) is 3. The van der Waals surface area contributed by atoms with Crippen LogP contribution in [0.2, 0.25) is 0 Å². The molecule has 0 heterocycles. The van der Waals surface area contributed by atoms with Crippen LogP contribution in [0.3, 0.4) is 0 Å². The molecule has 90 valence electrons. The molecule has 0 saturated carbocycles. The van der Waals surface area contributed by atoms with Crippen LogP contribution in [-0.4, -0.2) is 26.8 Å². The molecule has 0 aliphatic carbocycles. The molecule has 3 nitrogen and oxygen atoms in total. The molecular formula is C11H14BrFO3. The van der Waals surface area contributed by atoms with Gasteiger partial charge in [-0.2, -0.15) is 0 Å². The maximum atomic E-state index is 13.5. The number of rotatable bonds is 5. The van der Waals surface area contributed by atoms with Crippen LogP contribution in [0.25, 0.3) is 0 Å². The first-order valence-corrected chi connectivity index (χ1v) is 6.03. The fraction of sp³-hybridized carbons (Fsp3) is 0.455. The minimum atomic E-state index is -1.25. The molecule has 0 saturated heterocycles. The maximum Gasteiger partial charge on any atom is 0.129 e. The van der Waals surface area contributed by atoms with Crippen molar-refractivity contribution in [3.63, 3.8) is 0 Å². The number of aliphatic hydroxyl groups excluding tert-OH is 3. The van der Waals surface area contributed by atoms with E-state index in [-0.39, 0.29) is 12.2 Å². The second-order valence-electron chi connectivity index (χ2n) is 3.50. The van der Waals surface area contributed by atoms with Crippen molar-refractivity contribution >= 4 is 15.9 Å². The van der Waals surface area contributed by atoms with Gasteiger partial charge in [0.25, 0.3) is 0 Å². The molecule has 1 rings (SSSR count). The van der Waals surface area contributed by atoms with Crippen molar-refractivity contribution in [2.45, 2.75) is 25.2 Å². The summed E-state index contributed by atoms with van der Waals surface area (Å²) < 4.78 is 13.5. The summed E-state index contributed by atoms with van der Waals surface area (Å²) in [6.07, 6.45) is -1.92. The molecule has 16 heavy (non-hydrogen) atoms. The maximum absolute atomic E-state index is 13.5. The highest BCUT2D eigenvalue weighted by atomic mass is 79.9. The molecule has 3 N–H and O–H groups in total. The van der Waals surface area contributed by atoms with Crippen LogP contribution in [0.15, 0.2) is 18.2 Å². The Balaban J connectivity index is 2.87. The molecule has 0 radical (unpaired) electrons. The average Bonchev–Trinajstić information content (AvgIpc) is 2.28. The molecule has 0 aliphatic rings. The van der Waals surface area contributed by atoms with Crippen LogP contribution >= 0.6 is 15.9 Å². The van der Waals surface area contributed by atoms with Crippen LogP contribution < -0.4 is 0 Å². The van der Waals surface area contributed by atoms with Gasteiger partial charge in [0.2, 0.25) is 0 Å². The Morgan fingerprint density at radius 2 is 2.00 bits per heavy atom. The lowest BCUT2D eigenvalue weighted by Gasteiger charge is -2.18. The Hall–Kier alpha value is -0.490. The number of halogens is 2. The predicted molar refractivity (Wildman–Crippen MR) is 61.7 cm³/mol. The van der Waals surface area contributed by atoms with Crippen LogP contribution in [0.1, 0.15) is 23.7 Å².